The van der Waals surface area contributed by atoms with Gasteiger partial charge in [-0.05, 0) is 98.1 Å². The number of hydrogen-bond acceptors (Lipinski definition) is 14. The minimum absolute atomic E-state index is 0.0265. The van der Waals surface area contributed by atoms with E-state index in [1.807, 2.05) is 18.7 Å². The number of carbonyl (C=O) groups is 9. The number of primary amides is 1. The molecule has 0 radical (unpaired) electrons. The summed E-state index contributed by atoms with van der Waals surface area (Å²) in [4.78, 5) is 127. The number of ether oxygens (including phenoxy) is 1. The number of fused-ring (bicyclic) bond motifs is 1. The topological polar surface area (TPSA) is 351 Å². The number of pyridine rings is 1. The molecule has 10 amide bonds. The molecule has 2 aromatic carbocycles. The van der Waals surface area contributed by atoms with Gasteiger partial charge in [0.25, 0.3) is 5.91 Å². The van der Waals surface area contributed by atoms with E-state index in [-0.39, 0.29) is 74.9 Å². The van der Waals surface area contributed by atoms with Crippen LogP contribution in [0, 0.1) is 5.92 Å². The number of nitrogens with one attached hydrogen (secondary N) is 7. The van der Waals surface area contributed by atoms with Crippen LogP contribution in [0.5, 0.6) is 0 Å². The van der Waals surface area contributed by atoms with E-state index in [9.17, 15) is 48.3 Å². The van der Waals surface area contributed by atoms with Gasteiger partial charge in [-0.2, -0.15) is 0 Å². The third-order valence-electron chi connectivity index (χ3n) is 12.5. The second-order valence-corrected chi connectivity index (χ2v) is 19.3. The lowest BCUT2D eigenvalue weighted by Crippen LogP contribution is -2.54. The monoisotopic (exact) mass is 1090 g/mol. The molecule has 3 heterocycles. The lowest BCUT2D eigenvalue weighted by Gasteiger charge is -2.25. The van der Waals surface area contributed by atoms with Crippen molar-refractivity contribution in [2.24, 2.45) is 22.4 Å². The summed E-state index contributed by atoms with van der Waals surface area (Å²) >= 11 is 0. The number of unbranched alkanes of at least 4 members (excludes halogenated alkanes) is 2. The fourth-order valence-corrected chi connectivity index (χ4v) is 8.43. The number of alkyl carbamates (subject to hydrolysis) is 1. The summed E-state index contributed by atoms with van der Waals surface area (Å²) in [5.41, 5.74) is 15.2. The number of nitrogens with zero attached hydrogens (tertiary/aromatic N) is 4. The normalized spacial score (nSPS) is 14.3. The van der Waals surface area contributed by atoms with Crippen LogP contribution < -0.4 is 48.7 Å². The van der Waals surface area contributed by atoms with Crippen LogP contribution in [0.1, 0.15) is 113 Å². The number of aliphatic imine (C=N–C) groups is 1. The molecule has 0 spiro atoms. The van der Waals surface area contributed by atoms with Gasteiger partial charge in [0.1, 0.15) is 37.3 Å². The number of amidine groups is 1. The van der Waals surface area contributed by atoms with Crippen LogP contribution in [-0.2, 0) is 46.7 Å². The van der Waals surface area contributed by atoms with Crippen LogP contribution in [0.15, 0.2) is 83.6 Å². The van der Waals surface area contributed by atoms with Gasteiger partial charge >= 0.3 is 12.1 Å². The summed E-state index contributed by atoms with van der Waals surface area (Å²) < 4.78 is 5.28. The van der Waals surface area contributed by atoms with Crippen molar-refractivity contribution in [3.63, 3.8) is 0 Å². The molecular weight excluding hydrogens is 1020 g/mol. The Morgan fingerprint density at radius 2 is 1.58 bits per heavy atom. The van der Waals surface area contributed by atoms with Gasteiger partial charge in [0, 0.05) is 80.2 Å². The van der Waals surface area contributed by atoms with E-state index in [4.69, 9.17) is 16.2 Å². The Morgan fingerprint density at radius 3 is 2.27 bits per heavy atom. The summed E-state index contributed by atoms with van der Waals surface area (Å²) in [6, 6.07) is 10.1. The third kappa shape index (κ3) is 20.0. The highest BCUT2D eigenvalue weighted by Crippen LogP contribution is 2.29. The van der Waals surface area contributed by atoms with E-state index in [0.29, 0.717) is 83.8 Å². The number of rotatable bonds is 29. The predicted octanol–water partition coefficient (Wildman–Crippen LogP) is 3.59. The van der Waals surface area contributed by atoms with E-state index in [2.05, 4.69) is 47.2 Å². The van der Waals surface area contributed by atoms with E-state index in [0.717, 1.165) is 12.8 Å². The number of amides is 10. The first-order chi connectivity index (χ1) is 37.8. The first-order valence-corrected chi connectivity index (χ1v) is 26.4. The van der Waals surface area contributed by atoms with E-state index >= 15 is 0 Å². The Balaban J connectivity index is 1.04. The Hall–Kier alpha value is -8.67. The molecule has 0 saturated heterocycles. The van der Waals surface area contributed by atoms with E-state index in [1.54, 1.807) is 68.5 Å². The fourth-order valence-electron chi connectivity index (χ4n) is 8.43. The Morgan fingerprint density at radius 1 is 0.835 bits per heavy atom. The number of benzene rings is 2. The highest BCUT2D eigenvalue weighted by atomic mass is 16.5. The first-order valence-electron chi connectivity index (χ1n) is 26.4. The third-order valence-corrected chi connectivity index (χ3v) is 12.5. The van der Waals surface area contributed by atoms with Crippen molar-refractivity contribution in [1.82, 2.24) is 41.4 Å². The molecule has 2 aliphatic heterocycles. The number of carbonyl (C=O) groups excluding carboxylic acids is 9. The standard InChI is InChI=1S/C55H73N13O11/c1-5-22-67(23-6-2)53(76)39-26-37-15-16-38(27-43(37)64-44(56)28-39)50(73)63-41-25-36(29-58-31-41)30-60-46(70)32-61-55(78)79-33-35-13-17-40(18-14-35)62-51(74)42(11-10-21-59-54(57)77)65-52(75)49(34(3)4)66-45(69)12-8-7-9-24-68-47(71)19-20-48(68)72/h13-20,25-27,29,31,34,42,47,49,71H,5-12,21-24,28,30,32-33H2,1-4H3,(H2,56,64)(H,60,70)(H,61,78)(H,62,74)(H,63,73)(H,65,75)(H,66,69)(H3,57,59,77)/t42-,47?,49-/m0/s1. The number of urea groups is 1. The number of hydrogen-bond donors (Lipinski definition) is 10. The van der Waals surface area contributed by atoms with Gasteiger partial charge in [0.2, 0.25) is 35.4 Å². The molecule has 424 valence electrons. The summed E-state index contributed by atoms with van der Waals surface area (Å²) in [7, 11) is 0. The van der Waals surface area contributed by atoms with Crippen molar-refractivity contribution in [1.29, 1.82) is 0 Å². The quantitative estimate of drug-likeness (QED) is 0.0445. The summed E-state index contributed by atoms with van der Waals surface area (Å²) in [6.45, 7) is 8.73. The maximum atomic E-state index is 13.6. The molecule has 1 aromatic heterocycles. The van der Waals surface area contributed by atoms with Gasteiger partial charge in [-0.3, -0.25) is 38.5 Å². The average molecular weight is 1090 g/mol. The van der Waals surface area contributed by atoms with Crippen molar-refractivity contribution in [2.75, 3.05) is 43.4 Å². The van der Waals surface area contributed by atoms with Crippen LogP contribution >= 0.6 is 0 Å². The zero-order chi connectivity index (χ0) is 57.4. The van der Waals surface area contributed by atoms with Crippen molar-refractivity contribution >= 4 is 82.4 Å². The zero-order valence-corrected chi connectivity index (χ0v) is 45.1. The molecule has 12 N–H and O–H groups in total. The van der Waals surface area contributed by atoms with E-state index in [1.165, 1.54) is 29.4 Å². The maximum absolute atomic E-state index is 13.6. The average Bonchev–Trinajstić information content (AvgIpc) is 3.66. The largest absolute Gasteiger partial charge is 0.445 e. The molecule has 0 saturated carbocycles. The summed E-state index contributed by atoms with van der Waals surface area (Å²) in [5.74, 6) is -2.94. The summed E-state index contributed by atoms with van der Waals surface area (Å²) in [6.07, 6.45) is 9.65. The van der Waals surface area contributed by atoms with Crippen molar-refractivity contribution < 1.29 is 53.0 Å². The molecule has 0 aliphatic carbocycles. The molecule has 24 heteroatoms. The molecule has 3 atom stereocenters. The molecule has 2 aliphatic rings. The van der Waals surface area contributed by atoms with Crippen molar-refractivity contribution in [2.45, 2.75) is 117 Å². The molecule has 1 unspecified atom stereocenters. The lowest BCUT2D eigenvalue weighted by atomic mass is 10.0. The smallest absolute Gasteiger partial charge is 0.407 e. The Bertz CT molecular complexity index is 2760. The van der Waals surface area contributed by atoms with Crippen LogP contribution in [0.25, 0.3) is 6.08 Å². The summed E-state index contributed by atoms with van der Waals surface area (Å²) in [5, 5.41) is 28.5. The SMILES string of the molecule is CCCN(CCC)C(=O)C1=Cc2ccc(C(=O)Nc3cncc(CNC(=O)CNC(=O)OCc4ccc(NC(=O)[C@H](CCCNC(N)=O)NC(=O)[C@@H](NC(=O)CCCCCN5C(=O)C=CC5O)C(C)C)cc4)c3)cc2N=C(N)C1. The predicted molar refractivity (Wildman–Crippen MR) is 296 cm³/mol. The highest BCUT2D eigenvalue weighted by molar-refractivity contribution is 6.08. The molecular formula is C55H73N13O11. The fraction of sp³-hybridized carbons (Fsp3) is 0.436. The van der Waals surface area contributed by atoms with Gasteiger partial charge < -0.3 is 68.3 Å². The number of nitrogens with two attached hydrogens (primary N) is 2. The molecule has 24 nitrogen and oxygen atoms in total. The minimum Gasteiger partial charge on any atom is -0.445 e. The van der Waals surface area contributed by atoms with Gasteiger partial charge in [0.15, 0.2) is 0 Å². The minimum atomic E-state index is -1.08. The van der Waals surface area contributed by atoms with Gasteiger partial charge in [-0.1, -0.05) is 52.3 Å². The second kappa shape index (κ2) is 30.9. The number of aliphatic hydroxyl groups is 1. The second-order valence-electron chi connectivity index (χ2n) is 19.3. The number of aliphatic hydroxyl groups excluding tert-OH is 1. The highest BCUT2D eigenvalue weighted by Gasteiger charge is 2.29. The van der Waals surface area contributed by atoms with Gasteiger partial charge in [-0.15, -0.1) is 0 Å². The van der Waals surface area contributed by atoms with Gasteiger partial charge in [0.05, 0.1) is 17.6 Å². The lowest BCUT2D eigenvalue weighted by molar-refractivity contribution is -0.132. The van der Waals surface area contributed by atoms with Gasteiger partial charge in [-0.25, -0.2) is 14.6 Å². The van der Waals surface area contributed by atoms with Crippen molar-refractivity contribution in [3.05, 3.63) is 101 Å². The van der Waals surface area contributed by atoms with Crippen molar-refractivity contribution in [3.8, 4) is 0 Å². The number of aromatic nitrogens is 1. The van der Waals surface area contributed by atoms with Crippen LogP contribution in [0.2, 0.25) is 0 Å². The molecule has 79 heavy (non-hydrogen) atoms. The maximum Gasteiger partial charge on any atom is 0.407 e. The molecule has 0 bridgehead atoms. The zero-order valence-electron chi connectivity index (χ0n) is 45.1. The number of anilines is 2. The van der Waals surface area contributed by atoms with Crippen LogP contribution in [0.4, 0.5) is 26.7 Å². The molecule has 5 rings (SSSR count). The van der Waals surface area contributed by atoms with Crippen LogP contribution in [-0.4, -0.2) is 130 Å². The van der Waals surface area contributed by atoms with E-state index < -0.39 is 60.6 Å². The Labute approximate surface area is 459 Å². The first kappa shape index (κ1) is 61.2. The molecule has 3 aromatic rings. The van der Waals surface area contributed by atoms with Crippen LogP contribution in [0.3, 0.4) is 0 Å². The molecule has 0 fully saturated rings. The Kier molecular flexibility index (Phi) is 23.9.